The molecule has 0 aliphatic carbocycles. The zero-order valence-electron chi connectivity index (χ0n) is 17.3. The Morgan fingerprint density at radius 3 is 2.71 bits per heavy atom. The Labute approximate surface area is 189 Å². The first-order chi connectivity index (χ1) is 15.0. The SMILES string of the molecule is CCOC(=O)c1sc(NN=Cc2ccc(OCc3ccc(Cl)cc3)c(OC)c2)nc1C. The highest BCUT2D eigenvalue weighted by atomic mass is 35.5. The third-order valence-corrected chi connectivity index (χ3v) is 5.42. The fourth-order valence-electron chi connectivity index (χ4n) is 2.62. The second-order valence-electron chi connectivity index (χ2n) is 6.35. The van der Waals surface area contributed by atoms with Gasteiger partial charge in [0.1, 0.15) is 11.5 Å². The van der Waals surface area contributed by atoms with Gasteiger partial charge >= 0.3 is 5.97 Å². The molecule has 0 saturated carbocycles. The molecule has 0 aliphatic heterocycles. The number of rotatable bonds is 9. The minimum Gasteiger partial charge on any atom is -0.493 e. The third kappa shape index (κ3) is 6.19. The van der Waals surface area contributed by atoms with Gasteiger partial charge in [0.05, 0.1) is 25.6 Å². The van der Waals surface area contributed by atoms with E-state index in [4.69, 9.17) is 25.8 Å². The number of aromatic nitrogens is 1. The highest BCUT2D eigenvalue weighted by Gasteiger charge is 2.16. The number of ether oxygens (including phenoxy) is 3. The highest BCUT2D eigenvalue weighted by molar-refractivity contribution is 7.17. The fourth-order valence-corrected chi connectivity index (χ4v) is 3.55. The molecule has 31 heavy (non-hydrogen) atoms. The van der Waals surface area contributed by atoms with E-state index in [-0.39, 0.29) is 5.97 Å². The molecule has 0 saturated heterocycles. The molecule has 0 spiro atoms. The van der Waals surface area contributed by atoms with E-state index in [1.165, 1.54) is 11.3 Å². The van der Waals surface area contributed by atoms with E-state index in [0.29, 0.717) is 45.4 Å². The molecule has 1 aromatic heterocycles. The molecular weight excluding hydrogens is 438 g/mol. The predicted molar refractivity (Wildman–Crippen MR) is 123 cm³/mol. The Morgan fingerprint density at radius 2 is 2.00 bits per heavy atom. The maximum absolute atomic E-state index is 11.9. The van der Waals surface area contributed by atoms with Crippen LogP contribution in [0.25, 0.3) is 0 Å². The molecule has 3 aromatic rings. The normalized spacial score (nSPS) is 10.8. The van der Waals surface area contributed by atoms with Gasteiger partial charge in [0.15, 0.2) is 11.5 Å². The summed E-state index contributed by atoms with van der Waals surface area (Å²) in [5.41, 5.74) is 5.25. The number of benzene rings is 2. The maximum Gasteiger partial charge on any atom is 0.350 e. The number of anilines is 1. The molecule has 7 nitrogen and oxygen atoms in total. The molecule has 0 atom stereocenters. The van der Waals surface area contributed by atoms with Crippen LogP contribution in [-0.4, -0.2) is 30.9 Å². The maximum atomic E-state index is 11.9. The van der Waals surface area contributed by atoms with Crippen LogP contribution in [0.3, 0.4) is 0 Å². The summed E-state index contributed by atoms with van der Waals surface area (Å²) in [5.74, 6) is 0.832. The van der Waals surface area contributed by atoms with Crippen molar-refractivity contribution in [3.8, 4) is 11.5 Å². The van der Waals surface area contributed by atoms with Crippen molar-refractivity contribution >= 4 is 40.3 Å². The van der Waals surface area contributed by atoms with Crippen molar-refractivity contribution in [2.24, 2.45) is 5.10 Å². The van der Waals surface area contributed by atoms with Crippen molar-refractivity contribution in [2.45, 2.75) is 20.5 Å². The number of hydrazone groups is 1. The van der Waals surface area contributed by atoms with Crippen LogP contribution in [0.4, 0.5) is 5.13 Å². The summed E-state index contributed by atoms with van der Waals surface area (Å²) in [4.78, 5) is 16.6. The monoisotopic (exact) mass is 459 g/mol. The van der Waals surface area contributed by atoms with Crippen molar-refractivity contribution in [3.63, 3.8) is 0 Å². The van der Waals surface area contributed by atoms with Crippen molar-refractivity contribution in [3.05, 3.63) is 69.2 Å². The largest absolute Gasteiger partial charge is 0.493 e. The first-order valence-corrected chi connectivity index (χ1v) is 10.7. The lowest BCUT2D eigenvalue weighted by Crippen LogP contribution is -2.03. The van der Waals surface area contributed by atoms with Crippen molar-refractivity contribution in [2.75, 3.05) is 19.1 Å². The summed E-state index contributed by atoms with van der Waals surface area (Å²) in [5, 5.41) is 5.38. The van der Waals surface area contributed by atoms with Crippen LogP contribution in [0, 0.1) is 6.92 Å². The fraction of sp³-hybridized carbons (Fsp3) is 0.227. The van der Waals surface area contributed by atoms with Gasteiger partial charge in [-0.15, -0.1) is 0 Å². The molecule has 0 aliphatic rings. The number of nitrogens with zero attached hydrogens (tertiary/aromatic N) is 2. The lowest BCUT2D eigenvalue weighted by Gasteiger charge is -2.11. The average molecular weight is 460 g/mol. The molecule has 162 valence electrons. The molecule has 9 heteroatoms. The summed E-state index contributed by atoms with van der Waals surface area (Å²) >= 11 is 7.10. The van der Waals surface area contributed by atoms with Crippen molar-refractivity contribution < 1.29 is 19.0 Å². The standard InChI is InChI=1S/C22H22ClN3O4S/c1-4-29-21(27)20-14(2)25-22(31-20)26-24-12-16-7-10-18(19(11-16)28-3)30-13-15-5-8-17(23)9-6-15/h5-12H,4,13H2,1-3H3,(H,25,26). The van der Waals surface area contributed by atoms with Crippen molar-refractivity contribution in [1.29, 1.82) is 0 Å². The lowest BCUT2D eigenvalue weighted by molar-refractivity contribution is 0.0531. The van der Waals surface area contributed by atoms with Crippen LogP contribution in [0.1, 0.15) is 33.4 Å². The van der Waals surface area contributed by atoms with Gasteiger partial charge in [0.25, 0.3) is 0 Å². The Balaban J connectivity index is 1.63. The summed E-state index contributed by atoms with van der Waals surface area (Å²) < 4.78 is 16.3. The van der Waals surface area contributed by atoms with Crippen LogP contribution < -0.4 is 14.9 Å². The topological polar surface area (TPSA) is 82.0 Å². The molecule has 0 amide bonds. The van der Waals surface area contributed by atoms with Gasteiger partial charge in [-0.3, -0.25) is 5.43 Å². The summed E-state index contributed by atoms with van der Waals surface area (Å²) in [7, 11) is 1.58. The van der Waals surface area contributed by atoms with E-state index in [9.17, 15) is 4.79 Å². The minimum absolute atomic E-state index is 0.318. The van der Waals surface area contributed by atoms with Gasteiger partial charge in [-0.25, -0.2) is 9.78 Å². The third-order valence-electron chi connectivity index (χ3n) is 4.13. The van der Waals surface area contributed by atoms with Crippen molar-refractivity contribution in [1.82, 2.24) is 4.98 Å². The Kier molecular flexibility index (Phi) is 7.86. The number of esters is 1. The van der Waals surface area contributed by atoms with E-state index in [0.717, 1.165) is 11.1 Å². The predicted octanol–water partition coefficient (Wildman–Crippen LogP) is 5.32. The number of hydrogen-bond acceptors (Lipinski definition) is 8. The summed E-state index contributed by atoms with van der Waals surface area (Å²) in [6.45, 7) is 4.23. The Bertz CT molecular complexity index is 1070. The van der Waals surface area contributed by atoms with Crippen LogP contribution in [0.2, 0.25) is 5.02 Å². The van der Waals surface area contributed by atoms with E-state index in [1.807, 2.05) is 42.5 Å². The number of aryl methyl sites for hydroxylation is 1. The lowest BCUT2D eigenvalue weighted by atomic mass is 10.2. The van der Waals surface area contributed by atoms with Crippen LogP contribution >= 0.6 is 22.9 Å². The van der Waals surface area contributed by atoms with Crippen LogP contribution in [0.15, 0.2) is 47.6 Å². The minimum atomic E-state index is -0.381. The van der Waals surface area contributed by atoms with E-state index in [1.54, 1.807) is 27.2 Å². The molecular formula is C22H22ClN3O4S. The second kappa shape index (κ2) is 10.8. The van der Waals surface area contributed by atoms with E-state index >= 15 is 0 Å². The van der Waals surface area contributed by atoms with E-state index < -0.39 is 0 Å². The molecule has 2 aromatic carbocycles. The van der Waals surface area contributed by atoms with Gasteiger partial charge < -0.3 is 14.2 Å². The summed E-state index contributed by atoms with van der Waals surface area (Å²) in [6, 6.07) is 13.0. The molecule has 0 unspecified atom stereocenters. The smallest absolute Gasteiger partial charge is 0.350 e. The van der Waals surface area contributed by atoms with Crippen LogP contribution in [-0.2, 0) is 11.3 Å². The Hall–Kier alpha value is -3.10. The molecule has 3 rings (SSSR count). The number of thiazole rings is 1. The van der Waals surface area contributed by atoms with Gasteiger partial charge in [0.2, 0.25) is 5.13 Å². The first-order valence-electron chi connectivity index (χ1n) is 9.49. The first kappa shape index (κ1) is 22.6. The highest BCUT2D eigenvalue weighted by Crippen LogP contribution is 2.29. The average Bonchev–Trinajstić information content (AvgIpc) is 3.14. The van der Waals surface area contributed by atoms with Gasteiger partial charge in [-0.05, 0) is 55.3 Å². The van der Waals surface area contributed by atoms with Crippen LogP contribution in [0.5, 0.6) is 11.5 Å². The number of nitrogens with one attached hydrogen (secondary N) is 1. The summed E-state index contributed by atoms with van der Waals surface area (Å²) in [6.07, 6.45) is 1.63. The zero-order chi connectivity index (χ0) is 22.2. The number of carbonyl (C=O) groups excluding carboxylic acids is 1. The number of halogens is 1. The van der Waals surface area contributed by atoms with E-state index in [2.05, 4.69) is 15.5 Å². The second-order valence-corrected chi connectivity index (χ2v) is 7.78. The number of carbonyl (C=O) groups is 1. The molecule has 0 radical (unpaired) electrons. The molecule has 1 heterocycles. The number of hydrogen-bond donors (Lipinski definition) is 1. The zero-order valence-corrected chi connectivity index (χ0v) is 18.9. The Morgan fingerprint density at radius 1 is 1.23 bits per heavy atom. The molecule has 0 fully saturated rings. The number of methoxy groups -OCH3 is 1. The van der Waals surface area contributed by atoms with Gasteiger partial charge in [0, 0.05) is 5.02 Å². The molecule has 1 N–H and O–H groups in total. The van der Waals surface area contributed by atoms with Gasteiger partial charge in [-0.2, -0.15) is 5.10 Å². The van der Waals surface area contributed by atoms with Gasteiger partial charge in [-0.1, -0.05) is 35.1 Å². The quantitative estimate of drug-likeness (QED) is 0.265. The molecule has 0 bridgehead atoms.